The number of nitrogens with zero attached hydrogens (tertiary/aromatic N) is 2. The Morgan fingerprint density at radius 3 is 2.28 bits per heavy atom. The van der Waals surface area contributed by atoms with Crippen LogP contribution in [0.1, 0.15) is 20.7 Å². The Hall–Kier alpha value is -4.45. The molecular formula is C26H21N3O3. The highest BCUT2D eigenvalue weighted by atomic mass is 16.5. The summed E-state index contributed by atoms with van der Waals surface area (Å²) in [5.74, 6) is 0.723. The molecule has 0 spiro atoms. The number of para-hydroxylation sites is 1. The standard InChI is InChI=1S/C26H21N3O3/c1-29(22-10-3-2-4-11-22)26(31)20-8-5-7-19(17-20)25(30)28-21-9-6-12-24(18-21)32-23-13-15-27-16-14-23/h2-18H,1H3,(H,28,30). The van der Waals surface area contributed by atoms with Crippen LogP contribution in [0.4, 0.5) is 11.4 Å². The first-order valence-electron chi connectivity index (χ1n) is 10.0. The quantitative estimate of drug-likeness (QED) is 0.451. The van der Waals surface area contributed by atoms with Gasteiger partial charge in [-0.05, 0) is 54.6 Å². The summed E-state index contributed by atoms with van der Waals surface area (Å²) in [5.41, 5.74) is 2.18. The summed E-state index contributed by atoms with van der Waals surface area (Å²) in [6.07, 6.45) is 3.29. The number of anilines is 2. The summed E-state index contributed by atoms with van der Waals surface area (Å²) >= 11 is 0. The van der Waals surface area contributed by atoms with Gasteiger partial charge in [0, 0.05) is 48.0 Å². The zero-order valence-electron chi connectivity index (χ0n) is 17.4. The van der Waals surface area contributed by atoms with Crippen LogP contribution in [0.3, 0.4) is 0 Å². The first kappa shape index (κ1) is 20.8. The van der Waals surface area contributed by atoms with Crippen molar-refractivity contribution in [1.82, 2.24) is 4.98 Å². The lowest BCUT2D eigenvalue weighted by atomic mass is 10.1. The van der Waals surface area contributed by atoms with Gasteiger partial charge in [-0.1, -0.05) is 30.3 Å². The number of hydrogen-bond donors (Lipinski definition) is 1. The molecule has 1 aromatic heterocycles. The Bertz CT molecular complexity index is 1230. The van der Waals surface area contributed by atoms with E-state index in [0.29, 0.717) is 28.3 Å². The molecule has 0 atom stereocenters. The molecule has 0 unspecified atom stereocenters. The van der Waals surface area contributed by atoms with E-state index in [0.717, 1.165) is 5.69 Å². The number of hydrogen-bond acceptors (Lipinski definition) is 4. The lowest BCUT2D eigenvalue weighted by molar-refractivity contribution is 0.0993. The minimum atomic E-state index is -0.317. The molecule has 158 valence electrons. The van der Waals surface area contributed by atoms with Crippen molar-refractivity contribution in [3.05, 3.63) is 115 Å². The Morgan fingerprint density at radius 2 is 1.50 bits per heavy atom. The largest absolute Gasteiger partial charge is 0.457 e. The molecule has 0 aliphatic rings. The fourth-order valence-corrected chi connectivity index (χ4v) is 3.14. The van der Waals surface area contributed by atoms with Crippen molar-refractivity contribution < 1.29 is 14.3 Å². The topological polar surface area (TPSA) is 71.5 Å². The van der Waals surface area contributed by atoms with Crippen LogP contribution in [0.5, 0.6) is 11.5 Å². The van der Waals surface area contributed by atoms with Crippen molar-refractivity contribution in [2.45, 2.75) is 0 Å². The van der Waals surface area contributed by atoms with Crippen molar-refractivity contribution in [3.63, 3.8) is 0 Å². The molecule has 0 aliphatic carbocycles. The SMILES string of the molecule is CN(C(=O)c1cccc(C(=O)Nc2cccc(Oc3ccncc3)c2)c1)c1ccccc1. The van der Waals surface area contributed by atoms with Crippen LogP contribution in [0.25, 0.3) is 0 Å². The van der Waals surface area contributed by atoms with Crippen LogP contribution in [-0.4, -0.2) is 23.8 Å². The molecule has 32 heavy (non-hydrogen) atoms. The smallest absolute Gasteiger partial charge is 0.258 e. The summed E-state index contributed by atoms with van der Waals surface area (Å²) in [6, 6.07) is 26.6. The molecule has 1 heterocycles. The van der Waals surface area contributed by atoms with Crippen molar-refractivity contribution in [2.75, 3.05) is 17.3 Å². The van der Waals surface area contributed by atoms with Crippen LogP contribution in [-0.2, 0) is 0 Å². The number of ether oxygens (including phenoxy) is 1. The predicted octanol–water partition coefficient (Wildman–Crippen LogP) is 5.40. The Balaban J connectivity index is 1.47. The van der Waals surface area contributed by atoms with Crippen LogP contribution >= 0.6 is 0 Å². The molecule has 3 aromatic carbocycles. The van der Waals surface area contributed by atoms with Gasteiger partial charge in [-0.2, -0.15) is 0 Å². The average Bonchev–Trinajstić information content (AvgIpc) is 2.84. The maximum absolute atomic E-state index is 12.9. The van der Waals surface area contributed by atoms with E-state index in [4.69, 9.17) is 4.74 Å². The summed E-state index contributed by atoms with van der Waals surface area (Å²) in [6.45, 7) is 0. The fraction of sp³-hybridized carbons (Fsp3) is 0.0385. The van der Waals surface area contributed by atoms with Gasteiger partial charge in [0.05, 0.1) is 0 Å². The van der Waals surface area contributed by atoms with Gasteiger partial charge in [-0.15, -0.1) is 0 Å². The van der Waals surface area contributed by atoms with E-state index in [1.54, 1.807) is 85.0 Å². The number of carbonyl (C=O) groups excluding carboxylic acids is 2. The summed E-state index contributed by atoms with van der Waals surface area (Å²) in [5, 5.41) is 2.86. The van der Waals surface area contributed by atoms with E-state index in [-0.39, 0.29) is 11.8 Å². The monoisotopic (exact) mass is 423 g/mol. The first-order chi connectivity index (χ1) is 15.6. The van der Waals surface area contributed by atoms with Gasteiger partial charge < -0.3 is 15.0 Å². The van der Waals surface area contributed by atoms with Crippen molar-refractivity contribution in [2.24, 2.45) is 0 Å². The van der Waals surface area contributed by atoms with Crippen LogP contribution in [0.15, 0.2) is 103 Å². The third-order valence-corrected chi connectivity index (χ3v) is 4.80. The highest BCUT2D eigenvalue weighted by Gasteiger charge is 2.15. The van der Waals surface area contributed by atoms with E-state index in [1.165, 1.54) is 0 Å². The first-order valence-corrected chi connectivity index (χ1v) is 10.0. The number of rotatable bonds is 6. The molecular weight excluding hydrogens is 402 g/mol. The molecule has 2 amide bonds. The van der Waals surface area contributed by atoms with Gasteiger partial charge >= 0.3 is 0 Å². The second kappa shape index (κ2) is 9.57. The average molecular weight is 423 g/mol. The minimum Gasteiger partial charge on any atom is -0.457 e. The van der Waals surface area contributed by atoms with Gasteiger partial charge in [0.15, 0.2) is 0 Å². The molecule has 0 aliphatic heterocycles. The van der Waals surface area contributed by atoms with Gasteiger partial charge in [-0.25, -0.2) is 0 Å². The second-order valence-corrected chi connectivity index (χ2v) is 7.05. The number of nitrogens with one attached hydrogen (secondary N) is 1. The molecule has 6 nitrogen and oxygen atoms in total. The lowest BCUT2D eigenvalue weighted by Gasteiger charge is -2.17. The van der Waals surface area contributed by atoms with E-state index in [1.807, 2.05) is 30.3 Å². The van der Waals surface area contributed by atoms with Crippen molar-refractivity contribution in [3.8, 4) is 11.5 Å². The maximum atomic E-state index is 12.9. The normalized spacial score (nSPS) is 10.3. The van der Waals surface area contributed by atoms with Gasteiger partial charge in [0.2, 0.25) is 0 Å². The third kappa shape index (κ3) is 4.99. The summed E-state index contributed by atoms with van der Waals surface area (Å²) in [4.78, 5) is 31.2. The molecule has 0 fully saturated rings. The van der Waals surface area contributed by atoms with E-state index < -0.39 is 0 Å². The fourth-order valence-electron chi connectivity index (χ4n) is 3.14. The van der Waals surface area contributed by atoms with Gasteiger partial charge in [0.25, 0.3) is 11.8 Å². The second-order valence-electron chi connectivity index (χ2n) is 7.05. The molecule has 0 bridgehead atoms. The summed E-state index contributed by atoms with van der Waals surface area (Å²) < 4.78 is 5.78. The molecule has 4 aromatic rings. The Kier molecular flexibility index (Phi) is 6.22. The van der Waals surface area contributed by atoms with Crippen LogP contribution in [0, 0.1) is 0 Å². The number of benzene rings is 3. The maximum Gasteiger partial charge on any atom is 0.258 e. The lowest BCUT2D eigenvalue weighted by Crippen LogP contribution is -2.26. The number of amides is 2. The Morgan fingerprint density at radius 1 is 0.781 bits per heavy atom. The molecule has 6 heteroatoms. The van der Waals surface area contributed by atoms with E-state index >= 15 is 0 Å². The zero-order chi connectivity index (χ0) is 22.3. The van der Waals surface area contributed by atoms with Gasteiger partial charge in [-0.3, -0.25) is 14.6 Å². The third-order valence-electron chi connectivity index (χ3n) is 4.80. The molecule has 0 radical (unpaired) electrons. The van der Waals surface area contributed by atoms with Crippen molar-refractivity contribution >= 4 is 23.2 Å². The predicted molar refractivity (Wildman–Crippen MR) is 124 cm³/mol. The zero-order valence-corrected chi connectivity index (χ0v) is 17.4. The molecule has 0 saturated heterocycles. The molecule has 1 N–H and O–H groups in total. The number of pyridine rings is 1. The summed E-state index contributed by atoms with van der Waals surface area (Å²) in [7, 11) is 1.71. The Labute approximate surface area is 186 Å². The minimum absolute atomic E-state index is 0.196. The van der Waals surface area contributed by atoms with E-state index in [2.05, 4.69) is 10.3 Å². The highest BCUT2D eigenvalue weighted by molar-refractivity contribution is 6.09. The number of carbonyl (C=O) groups is 2. The molecule has 0 saturated carbocycles. The van der Waals surface area contributed by atoms with Gasteiger partial charge in [0.1, 0.15) is 11.5 Å². The highest BCUT2D eigenvalue weighted by Crippen LogP contribution is 2.24. The van der Waals surface area contributed by atoms with Crippen LogP contribution < -0.4 is 15.0 Å². The van der Waals surface area contributed by atoms with E-state index in [9.17, 15) is 9.59 Å². The van der Waals surface area contributed by atoms with Crippen LogP contribution in [0.2, 0.25) is 0 Å². The van der Waals surface area contributed by atoms with Crippen molar-refractivity contribution in [1.29, 1.82) is 0 Å². The molecule has 4 rings (SSSR count). The number of aromatic nitrogens is 1.